The van der Waals surface area contributed by atoms with Gasteiger partial charge >= 0.3 is 5.97 Å². The van der Waals surface area contributed by atoms with Crippen LogP contribution in [0.4, 0.5) is 0 Å². The summed E-state index contributed by atoms with van der Waals surface area (Å²) in [6.45, 7) is 6.23. The summed E-state index contributed by atoms with van der Waals surface area (Å²) in [5.74, 6) is -0.124. The molecule has 0 atom stereocenters. The second kappa shape index (κ2) is 5.54. The van der Waals surface area contributed by atoms with E-state index in [0.717, 1.165) is 5.56 Å². The van der Waals surface area contributed by atoms with Crippen LogP contribution in [0.2, 0.25) is 0 Å². The molecule has 0 radical (unpaired) electrons. The smallest absolute Gasteiger partial charge is 0.341 e. The number of carbonyl (C=O) groups is 1. The Labute approximate surface area is 96.1 Å². The number of carbonyl (C=O) groups excluding carboxylic acids is 1. The van der Waals surface area contributed by atoms with E-state index in [0.29, 0.717) is 18.9 Å². The third-order valence-corrected chi connectivity index (χ3v) is 2.27. The van der Waals surface area contributed by atoms with Gasteiger partial charge in [-0.1, -0.05) is 32.9 Å². The average Bonchev–Trinajstić information content (AvgIpc) is 2.26. The van der Waals surface area contributed by atoms with Crippen LogP contribution in [0, 0.1) is 5.92 Å². The lowest BCUT2D eigenvalue weighted by atomic mass is 10.1. The second-order valence-corrected chi connectivity index (χ2v) is 4.16. The molecule has 1 rings (SSSR count). The number of aryl methyl sites for hydroxylation is 1. The minimum Gasteiger partial charge on any atom is -0.507 e. The van der Waals surface area contributed by atoms with Crippen LogP contribution in [0.15, 0.2) is 18.2 Å². The Morgan fingerprint density at radius 3 is 2.69 bits per heavy atom. The van der Waals surface area contributed by atoms with E-state index in [9.17, 15) is 9.90 Å². The highest BCUT2D eigenvalue weighted by molar-refractivity contribution is 5.92. The van der Waals surface area contributed by atoms with Crippen LogP contribution < -0.4 is 0 Å². The van der Waals surface area contributed by atoms with E-state index in [-0.39, 0.29) is 11.3 Å². The molecule has 0 aliphatic carbocycles. The molecule has 3 nitrogen and oxygen atoms in total. The van der Waals surface area contributed by atoms with Crippen LogP contribution in [0.1, 0.15) is 36.7 Å². The Hall–Kier alpha value is -1.51. The lowest BCUT2D eigenvalue weighted by Gasteiger charge is -2.10. The Morgan fingerprint density at radius 2 is 2.12 bits per heavy atom. The van der Waals surface area contributed by atoms with Crippen LogP contribution in [0.3, 0.4) is 0 Å². The van der Waals surface area contributed by atoms with Crippen molar-refractivity contribution >= 4 is 5.97 Å². The Morgan fingerprint density at radius 1 is 1.44 bits per heavy atom. The van der Waals surface area contributed by atoms with Gasteiger partial charge in [0.05, 0.1) is 6.61 Å². The molecule has 0 bridgehead atoms. The van der Waals surface area contributed by atoms with Crippen LogP contribution >= 0.6 is 0 Å². The maximum Gasteiger partial charge on any atom is 0.341 e. The fourth-order valence-electron chi connectivity index (χ4n) is 1.36. The van der Waals surface area contributed by atoms with Crippen molar-refractivity contribution in [2.75, 3.05) is 6.61 Å². The van der Waals surface area contributed by atoms with Crippen molar-refractivity contribution in [3.8, 4) is 5.75 Å². The molecule has 0 heterocycles. The molecule has 0 aliphatic rings. The minimum absolute atomic E-state index is 0.0405. The van der Waals surface area contributed by atoms with E-state index in [4.69, 9.17) is 4.74 Å². The van der Waals surface area contributed by atoms with Crippen molar-refractivity contribution in [3.63, 3.8) is 0 Å². The summed E-state index contributed by atoms with van der Waals surface area (Å²) in [7, 11) is 0. The molecule has 0 saturated carbocycles. The van der Waals surface area contributed by atoms with Crippen molar-refractivity contribution in [1.82, 2.24) is 0 Å². The lowest BCUT2D eigenvalue weighted by Crippen LogP contribution is -2.10. The number of hydrogen-bond acceptors (Lipinski definition) is 3. The van der Waals surface area contributed by atoms with E-state index in [1.54, 1.807) is 18.2 Å². The molecule has 0 amide bonds. The molecule has 3 heteroatoms. The van der Waals surface area contributed by atoms with Crippen LogP contribution in [-0.4, -0.2) is 17.7 Å². The van der Waals surface area contributed by atoms with Crippen molar-refractivity contribution in [2.45, 2.75) is 27.2 Å². The summed E-state index contributed by atoms with van der Waals surface area (Å²) in [6, 6.07) is 5.14. The molecule has 0 spiro atoms. The van der Waals surface area contributed by atoms with E-state index >= 15 is 0 Å². The fraction of sp³-hybridized carbons (Fsp3) is 0.462. The number of esters is 1. The summed E-state index contributed by atoms with van der Waals surface area (Å²) in [5.41, 5.74) is 1.01. The highest BCUT2D eigenvalue weighted by Crippen LogP contribution is 2.23. The van der Waals surface area contributed by atoms with Gasteiger partial charge in [-0.15, -0.1) is 0 Å². The molecular weight excluding hydrogens is 204 g/mol. The number of ether oxygens (including phenoxy) is 1. The molecule has 0 fully saturated rings. The summed E-state index contributed by atoms with van der Waals surface area (Å²) >= 11 is 0. The van der Waals surface area contributed by atoms with E-state index < -0.39 is 5.97 Å². The van der Waals surface area contributed by atoms with Crippen molar-refractivity contribution < 1.29 is 14.6 Å². The van der Waals surface area contributed by atoms with E-state index in [1.807, 2.05) is 20.8 Å². The number of aromatic hydroxyl groups is 1. The summed E-state index contributed by atoms with van der Waals surface area (Å²) < 4.78 is 5.07. The number of phenols is 1. The molecule has 0 saturated heterocycles. The third kappa shape index (κ3) is 2.99. The van der Waals surface area contributed by atoms with Gasteiger partial charge < -0.3 is 9.84 Å². The third-order valence-electron chi connectivity index (χ3n) is 2.27. The molecule has 0 aromatic heterocycles. The normalized spacial score (nSPS) is 10.5. The van der Waals surface area contributed by atoms with Gasteiger partial charge in [0.1, 0.15) is 11.3 Å². The van der Waals surface area contributed by atoms with Gasteiger partial charge in [0.2, 0.25) is 0 Å². The Balaban J connectivity index is 2.83. The quantitative estimate of drug-likeness (QED) is 0.797. The zero-order valence-corrected chi connectivity index (χ0v) is 9.99. The Bertz CT molecular complexity index is 369. The van der Waals surface area contributed by atoms with Gasteiger partial charge in [-0.2, -0.15) is 0 Å². The average molecular weight is 222 g/mol. The van der Waals surface area contributed by atoms with Gasteiger partial charge in [0, 0.05) is 0 Å². The SMILES string of the molecule is CCc1cccc(C(=O)OCC(C)C)c1O. The van der Waals surface area contributed by atoms with Gasteiger partial charge in [0.15, 0.2) is 0 Å². The monoisotopic (exact) mass is 222 g/mol. The van der Waals surface area contributed by atoms with E-state index in [1.165, 1.54) is 0 Å². The maximum atomic E-state index is 11.7. The van der Waals surface area contributed by atoms with Crippen molar-refractivity contribution in [1.29, 1.82) is 0 Å². The van der Waals surface area contributed by atoms with Crippen LogP contribution in [0.5, 0.6) is 5.75 Å². The van der Waals surface area contributed by atoms with E-state index in [2.05, 4.69) is 0 Å². The number of benzene rings is 1. The zero-order chi connectivity index (χ0) is 12.1. The highest BCUT2D eigenvalue weighted by Gasteiger charge is 2.14. The predicted molar refractivity (Wildman–Crippen MR) is 62.6 cm³/mol. The standard InChI is InChI=1S/C13H18O3/c1-4-10-6-5-7-11(12(10)14)13(15)16-8-9(2)3/h5-7,9,14H,4,8H2,1-3H3. The molecule has 1 N–H and O–H groups in total. The number of phenolic OH excluding ortho intramolecular Hbond substituents is 1. The summed E-state index contributed by atoms with van der Waals surface area (Å²) in [4.78, 5) is 11.7. The van der Waals surface area contributed by atoms with Crippen molar-refractivity contribution in [2.24, 2.45) is 5.92 Å². The molecule has 1 aromatic rings. The zero-order valence-electron chi connectivity index (χ0n) is 9.99. The molecule has 1 aromatic carbocycles. The predicted octanol–water partition coefficient (Wildman–Crippen LogP) is 2.77. The van der Waals surface area contributed by atoms with Gasteiger partial charge in [-0.3, -0.25) is 0 Å². The minimum atomic E-state index is -0.457. The summed E-state index contributed by atoms with van der Waals surface area (Å²) in [6.07, 6.45) is 0.692. The first kappa shape index (κ1) is 12.6. The number of rotatable bonds is 4. The number of para-hydroxylation sites is 1. The highest BCUT2D eigenvalue weighted by atomic mass is 16.5. The van der Waals surface area contributed by atoms with Crippen LogP contribution in [-0.2, 0) is 11.2 Å². The maximum absolute atomic E-state index is 11.7. The summed E-state index contributed by atoms with van der Waals surface area (Å²) in [5, 5.41) is 9.82. The first-order chi connectivity index (χ1) is 7.56. The molecular formula is C13H18O3. The van der Waals surface area contributed by atoms with Gasteiger partial charge in [0.25, 0.3) is 0 Å². The molecule has 88 valence electrons. The molecule has 0 aliphatic heterocycles. The van der Waals surface area contributed by atoms with Gasteiger partial charge in [-0.25, -0.2) is 4.79 Å². The fourth-order valence-corrected chi connectivity index (χ4v) is 1.36. The van der Waals surface area contributed by atoms with Gasteiger partial charge in [-0.05, 0) is 24.0 Å². The van der Waals surface area contributed by atoms with Crippen LogP contribution in [0.25, 0.3) is 0 Å². The molecule has 0 unspecified atom stereocenters. The second-order valence-electron chi connectivity index (χ2n) is 4.16. The first-order valence-corrected chi connectivity index (χ1v) is 5.54. The largest absolute Gasteiger partial charge is 0.507 e. The van der Waals surface area contributed by atoms with Crippen molar-refractivity contribution in [3.05, 3.63) is 29.3 Å². The molecule has 16 heavy (non-hydrogen) atoms. The topological polar surface area (TPSA) is 46.5 Å². The first-order valence-electron chi connectivity index (χ1n) is 5.54. The lowest BCUT2D eigenvalue weighted by molar-refractivity contribution is 0.0455. The number of hydrogen-bond donors (Lipinski definition) is 1. The Kier molecular flexibility index (Phi) is 4.35.